The highest BCUT2D eigenvalue weighted by molar-refractivity contribution is 5.92. The Labute approximate surface area is 168 Å². The van der Waals surface area contributed by atoms with Crippen molar-refractivity contribution in [2.24, 2.45) is 0 Å². The highest BCUT2D eigenvalue weighted by Gasteiger charge is 2.22. The van der Waals surface area contributed by atoms with Crippen molar-refractivity contribution in [3.05, 3.63) is 80.5 Å². The number of fused-ring (bicyclic) bond motifs is 1. The molecule has 144 valence electrons. The molecule has 1 aromatic carbocycles. The number of hydrogen-bond donors (Lipinski definition) is 0. The van der Waals surface area contributed by atoms with Gasteiger partial charge in [-0.3, -0.25) is 0 Å². The third kappa shape index (κ3) is 2.96. The molecule has 0 unspecified atom stereocenters. The van der Waals surface area contributed by atoms with E-state index in [-0.39, 0.29) is 0 Å². The Kier molecular flexibility index (Phi) is 5.47. The number of rotatable bonds is 3. The first-order valence-electron chi connectivity index (χ1n) is 9.92. The van der Waals surface area contributed by atoms with Gasteiger partial charge < -0.3 is 4.42 Å². The van der Waals surface area contributed by atoms with Crippen molar-refractivity contribution in [1.29, 1.82) is 0 Å². The minimum Gasteiger partial charge on any atom is -0.456 e. The predicted octanol–water partition coefficient (Wildman–Crippen LogP) is 6.53. The Morgan fingerprint density at radius 1 is 0.857 bits per heavy atom. The first-order chi connectivity index (χ1) is 13.4. The van der Waals surface area contributed by atoms with Crippen molar-refractivity contribution in [2.75, 3.05) is 0 Å². The van der Waals surface area contributed by atoms with Gasteiger partial charge >= 0.3 is 0 Å². The van der Waals surface area contributed by atoms with Crippen LogP contribution in [-0.2, 0) is 0 Å². The molecular formula is C27H30O. The van der Waals surface area contributed by atoms with Gasteiger partial charge in [-0.05, 0) is 92.3 Å². The van der Waals surface area contributed by atoms with Crippen LogP contribution in [0.15, 0.2) is 52.0 Å². The highest BCUT2D eigenvalue weighted by atomic mass is 16.3. The summed E-state index contributed by atoms with van der Waals surface area (Å²) in [4.78, 5) is 0. The van der Waals surface area contributed by atoms with E-state index in [1.54, 1.807) is 0 Å². The lowest BCUT2D eigenvalue weighted by molar-refractivity contribution is 0.598. The number of aryl methyl sites for hydroxylation is 2. The third-order valence-electron chi connectivity index (χ3n) is 5.79. The highest BCUT2D eigenvalue weighted by Crippen LogP contribution is 2.36. The van der Waals surface area contributed by atoms with E-state index in [0.29, 0.717) is 0 Å². The fourth-order valence-corrected chi connectivity index (χ4v) is 4.26. The molecule has 3 rings (SSSR count). The van der Waals surface area contributed by atoms with Crippen LogP contribution in [0.1, 0.15) is 56.6 Å². The molecule has 1 aliphatic rings. The maximum atomic E-state index is 6.25. The molecule has 0 saturated heterocycles. The standard InChI is InChI=1S/C27H30O/c1-9-12-21-15-23(17(5)16(21)4)26-20(8)25-19(7)24(14-11-3)28-27(25)18(6)22(26)13-10-2/h9-14H,5,8,15H2,1-4,6-7H3/b12-9-,13-10-,14-11-,26-23+. The molecule has 1 nitrogen and oxygen atoms in total. The molecule has 0 N–H and O–H groups in total. The van der Waals surface area contributed by atoms with Crippen LogP contribution in [0.3, 0.4) is 0 Å². The van der Waals surface area contributed by atoms with Crippen LogP contribution in [0, 0.1) is 13.8 Å². The van der Waals surface area contributed by atoms with Crippen molar-refractivity contribution in [1.82, 2.24) is 0 Å². The van der Waals surface area contributed by atoms with E-state index in [2.05, 4.69) is 72.1 Å². The number of furan rings is 1. The summed E-state index contributed by atoms with van der Waals surface area (Å²) in [6.45, 7) is 21.5. The normalized spacial score (nSPS) is 17.6. The quantitative estimate of drug-likeness (QED) is 0.599. The second kappa shape index (κ2) is 7.67. The molecule has 1 aromatic heterocycles. The van der Waals surface area contributed by atoms with Crippen molar-refractivity contribution >= 4 is 35.3 Å². The molecule has 1 heterocycles. The minimum absolute atomic E-state index is 0.894. The second-order valence-corrected chi connectivity index (χ2v) is 7.47. The van der Waals surface area contributed by atoms with Gasteiger partial charge in [0.15, 0.2) is 0 Å². The molecule has 0 bridgehead atoms. The Balaban J connectivity index is 2.53. The molecule has 0 saturated carbocycles. The van der Waals surface area contributed by atoms with Gasteiger partial charge in [-0.2, -0.15) is 0 Å². The van der Waals surface area contributed by atoms with Gasteiger partial charge in [0.05, 0.1) is 0 Å². The van der Waals surface area contributed by atoms with E-state index in [4.69, 9.17) is 4.42 Å². The lowest BCUT2D eigenvalue weighted by atomic mass is 9.93. The summed E-state index contributed by atoms with van der Waals surface area (Å²) in [7, 11) is 0. The van der Waals surface area contributed by atoms with E-state index in [1.807, 2.05) is 19.1 Å². The average Bonchev–Trinajstić information content (AvgIpc) is 3.13. The summed E-state index contributed by atoms with van der Waals surface area (Å²) in [6.07, 6.45) is 13.5. The van der Waals surface area contributed by atoms with Gasteiger partial charge in [-0.25, -0.2) is 0 Å². The van der Waals surface area contributed by atoms with Gasteiger partial charge in [0.1, 0.15) is 11.3 Å². The Morgan fingerprint density at radius 3 is 2.11 bits per heavy atom. The maximum absolute atomic E-state index is 6.25. The van der Waals surface area contributed by atoms with E-state index >= 15 is 0 Å². The second-order valence-electron chi connectivity index (χ2n) is 7.47. The van der Waals surface area contributed by atoms with E-state index in [1.165, 1.54) is 27.5 Å². The monoisotopic (exact) mass is 370 g/mol. The van der Waals surface area contributed by atoms with Crippen LogP contribution in [-0.4, -0.2) is 0 Å². The SMILES string of the molecule is C=C1C(C)=C(/C=C\C)C/C1=c1\c(/C=C\C)c(C)c2oc(/C=C\C)c(C)c2c1=C. The van der Waals surface area contributed by atoms with Crippen LogP contribution in [0.25, 0.3) is 35.3 Å². The zero-order valence-electron chi connectivity index (χ0n) is 18.0. The zero-order chi connectivity index (χ0) is 20.6. The smallest absolute Gasteiger partial charge is 0.139 e. The molecule has 1 aliphatic carbocycles. The van der Waals surface area contributed by atoms with Gasteiger partial charge in [-0.1, -0.05) is 43.5 Å². The number of allylic oxidation sites excluding steroid dienone is 7. The van der Waals surface area contributed by atoms with Gasteiger partial charge in [0, 0.05) is 16.5 Å². The largest absolute Gasteiger partial charge is 0.456 e. The fraction of sp³-hybridized carbons (Fsp3) is 0.259. The Hall–Kier alpha value is -2.80. The van der Waals surface area contributed by atoms with Gasteiger partial charge in [-0.15, -0.1) is 0 Å². The van der Waals surface area contributed by atoms with Gasteiger partial charge in [0.25, 0.3) is 0 Å². The van der Waals surface area contributed by atoms with Crippen LogP contribution < -0.4 is 10.4 Å². The zero-order valence-corrected chi connectivity index (χ0v) is 18.0. The summed E-state index contributed by atoms with van der Waals surface area (Å²) in [6, 6.07) is 0. The summed E-state index contributed by atoms with van der Waals surface area (Å²) >= 11 is 0. The topological polar surface area (TPSA) is 13.1 Å². The summed E-state index contributed by atoms with van der Waals surface area (Å²) in [5, 5.41) is 3.38. The molecule has 0 spiro atoms. The van der Waals surface area contributed by atoms with Gasteiger partial charge in [0.2, 0.25) is 0 Å². The molecule has 0 amide bonds. The van der Waals surface area contributed by atoms with Crippen molar-refractivity contribution in [3.63, 3.8) is 0 Å². The lowest BCUT2D eigenvalue weighted by Crippen LogP contribution is -2.31. The Morgan fingerprint density at radius 2 is 1.50 bits per heavy atom. The minimum atomic E-state index is 0.894. The molecule has 0 fully saturated rings. The van der Waals surface area contributed by atoms with E-state index < -0.39 is 0 Å². The summed E-state index contributed by atoms with van der Waals surface area (Å²) < 4.78 is 6.25. The first-order valence-corrected chi connectivity index (χ1v) is 9.92. The van der Waals surface area contributed by atoms with Crippen molar-refractivity contribution < 1.29 is 4.42 Å². The fourth-order valence-electron chi connectivity index (χ4n) is 4.26. The van der Waals surface area contributed by atoms with Crippen molar-refractivity contribution in [2.45, 2.75) is 48.0 Å². The number of hydrogen-bond acceptors (Lipinski definition) is 1. The molecular weight excluding hydrogens is 340 g/mol. The van der Waals surface area contributed by atoms with Crippen LogP contribution in [0.4, 0.5) is 0 Å². The third-order valence-corrected chi connectivity index (χ3v) is 5.79. The summed E-state index contributed by atoms with van der Waals surface area (Å²) in [5.41, 5.74) is 9.45. The first kappa shape index (κ1) is 19.9. The molecule has 0 aliphatic heterocycles. The molecule has 0 radical (unpaired) electrons. The van der Waals surface area contributed by atoms with Crippen molar-refractivity contribution in [3.8, 4) is 0 Å². The van der Waals surface area contributed by atoms with Crippen LogP contribution in [0.5, 0.6) is 0 Å². The average molecular weight is 371 g/mol. The maximum Gasteiger partial charge on any atom is 0.139 e. The molecule has 2 aromatic rings. The van der Waals surface area contributed by atoms with E-state index in [0.717, 1.165) is 45.1 Å². The van der Waals surface area contributed by atoms with Crippen LogP contribution in [0.2, 0.25) is 0 Å². The Bertz CT molecular complexity index is 1200. The summed E-state index contributed by atoms with van der Waals surface area (Å²) in [5.74, 6) is 0.910. The van der Waals surface area contributed by atoms with Crippen LogP contribution >= 0.6 is 0 Å². The molecule has 1 heteroatoms. The number of benzene rings is 1. The molecule has 28 heavy (non-hydrogen) atoms. The lowest BCUT2D eigenvalue weighted by Gasteiger charge is -2.10. The predicted molar refractivity (Wildman–Crippen MR) is 125 cm³/mol. The molecule has 0 atom stereocenters. The van der Waals surface area contributed by atoms with E-state index in [9.17, 15) is 0 Å².